The fourth-order valence-corrected chi connectivity index (χ4v) is 1.28. The fraction of sp³-hybridized carbons (Fsp3) is 0. The number of imidazole rings is 1. The van der Waals surface area contributed by atoms with Crippen LogP contribution in [0.5, 0.6) is 0 Å². The summed E-state index contributed by atoms with van der Waals surface area (Å²) < 4.78 is 1.94. The van der Waals surface area contributed by atoms with Gasteiger partial charge in [0.05, 0.1) is 6.33 Å². The van der Waals surface area contributed by atoms with E-state index in [1.165, 1.54) is 0 Å². The summed E-state index contributed by atoms with van der Waals surface area (Å²) in [5.74, 6) is 0. The van der Waals surface area contributed by atoms with Gasteiger partial charge in [0.2, 0.25) is 0 Å². The predicted octanol–water partition coefficient (Wildman–Crippen LogP) is 2.16. The summed E-state index contributed by atoms with van der Waals surface area (Å²) in [7, 11) is 0. The van der Waals surface area contributed by atoms with Crippen LogP contribution >= 0.6 is 12.6 Å². The van der Waals surface area contributed by atoms with E-state index < -0.39 is 0 Å². The number of thiol groups is 1. The molecule has 0 aliphatic rings. The average molecular weight is 176 g/mol. The first-order valence-corrected chi connectivity index (χ1v) is 4.08. The molecule has 2 aromatic rings. The summed E-state index contributed by atoms with van der Waals surface area (Å²) in [4.78, 5) is 4.93. The normalized spacial score (nSPS) is 10.1. The number of rotatable bonds is 1. The zero-order valence-corrected chi connectivity index (χ0v) is 7.28. The molecular formula is C9H8N2S. The van der Waals surface area contributed by atoms with E-state index in [0.29, 0.717) is 0 Å². The predicted molar refractivity (Wildman–Crippen MR) is 50.8 cm³/mol. The summed E-state index contributed by atoms with van der Waals surface area (Å²) in [6.45, 7) is 0. The molecule has 0 aliphatic carbocycles. The van der Waals surface area contributed by atoms with Gasteiger partial charge in [-0.2, -0.15) is 0 Å². The van der Waals surface area contributed by atoms with Gasteiger partial charge in [-0.05, 0) is 18.2 Å². The van der Waals surface area contributed by atoms with E-state index in [1.807, 2.05) is 35.0 Å². The molecule has 0 unspecified atom stereocenters. The molecule has 0 saturated carbocycles. The van der Waals surface area contributed by atoms with Crippen molar-refractivity contribution in [1.29, 1.82) is 0 Å². The number of aromatic nitrogens is 2. The van der Waals surface area contributed by atoms with E-state index in [2.05, 4.69) is 17.6 Å². The fourth-order valence-electron chi connectivity index (χ4n) is 1.07. The molecule has 0 N–H and O–H groups in total. The lowest BCUT2D eigenvalue weighted by Crippen LogP contribution is -1.88. The topological polar surface area (TPSA) is 17.8 Å². The number of benzene rings is 1. The monoisotopic (exact) mass is 176 g/mol. The Hall–Kier alpha value is -1.22. The zero-order chi connectivity index (χ0) is 8.39. The Kier molecular flexibility index (Phi) is 1.87. The molecule has 2 rings (SSSR count). The first kappa shape index (κ1) is 7.43. The molecule has 60 valence electrons. The molecule has 1 aromatic heterocycles. The second kappa shape index (κ2) is 3.03. The Balaban J connectivity index is 2.48. The van der Waals surface area contributed by atoms with Crippen molar-refractivity contribution in [3.63, 3.8) is 0 Å². The van der Waals surface area contributed by atoms with Gasteiger partial charge in [0.1, 0.15) is 0 Å². The maximum Gasteiger partial charge on any atom is 0.0991 e. The minimum atomic E-state index is 0.959. The van der Waals surface area contributed by atoms with Crippen LogP contribution in [-0.4, -0.2) is 9.55 Å². The minimum absolute atomic E-state index is 0.959. The minimum Gasteiger partial charge on any atom is -0.306 e. The third-order valence-electron chi connectivity index (χ3n) is 1.63. The molecule has 0 fully saturated rings. The summed E-state index contributed by atoms with van der Waals surface area (Å²) >= 11 is 4.25. The quantitative estimate of drug-likeness (QED) is 0.659. The van der Waals surface area contributed by atoms with Gasteiger partial charge < -0.3 is 4.57 Å². The van der Waals surface area contributed by atoms with E-state index in [4.69, 9.17) is 0 Å². The Morgan fingerprint density at radius 3 is 2.92 bits per heavy atom. The van der Waals surface area contributed by atoms with Gasteiger partial charge in [-0.25, -0.2) is 4.98 Å². The van der Waals surface area contributed by atoms with Gasteiger partial charge in [0.15, 0.2) is 0 Å². The van der Waals surface area contributed by atoms with Crippen LogP contribution in [0.1, 0.15) is 0 Å². The third-order valence-corrected chi connectivity index (χ3v) is 1.91. The molecule has 0 radical (unpaired) electrons. The largest absolute Gasteiger partial charge is 0.306 e. The molecule has 0 bridgehead atoms. The molecule has 1 aromatic carbocycles. The third kappa shape index (κ3) is 1.36. The van der Waals surface area contributed by atoms with E-state index in [-0.39, 0.29) is 0 Å². The number of hydrogen-bond acceptors (Lipinski definition) is 2. The second-order valence-electron chi connectivity index (χ2n) is 2.49. The molecule has 0 saturated heterocycles. The summed E-state index contributed by atoms with van der Waals surface area (Å²) in [5, 5.41) is 0. The molecule has 12 heavy (non-hydrogen) atoms. The lowest BCUT2D eigenvalue weighted by Gasteiger charge is -2.01. The van der Waals surface area contributed by atoms with Crippen molar-refractivity contribution >= 4 is 12.6 Å². The standard InChI is InChI=1S/C9H8N2S/c12-9-3-1-2-8(6-9)11-5-4-10-7-11/h1-7,12H. The SMILES string of the molecule is Sc1cccc(-n2ccnc2)c1. The van der Waals surface area contributed by atoms with Crippen LogP contribution in [0.15, 0.2) is 47.9 Å². The van der Waals surface area contributed by atoms with Gasteiger partial charge in [-0.1, -0.05) is 6.07 Å². The highest BCUT2D eigenvalue weighted by molar-refractivity contribution is 7.80. The van der Waals surface area contributed by atoms with E-state index in [9.17, 15) is 0 Å². The Morgan fingerprint density at radius 1 is 1.33 bits per heavy atom. The number of hydrogen-bond donors (Lipinski definition) is 1. The first-order valence-electron chi connectivity index (χ1n) is 3.63. The van der Waals surface area contributed by atoms with Crippen LogP contribution in [0.3, 0.4) is 0 Å². The summed E-state index contributed by atoms with van der Waals surface area (Å²) in [5.41, 5.74) is 1.08. The Bertz CT molecular complexity index is 368. The first-order chi connectivity index (χ1) is 5.86. The highest BCUT2D eigenvalue weighted by atomic mass is 32.1. The second-order valence-corrected chi connectivity index (χ2v) is 3.01. The maximum atomic E-state index is 4.25. The smallest absolute Gasteiger partial charge is 0.0991 e. The van der Waals surface area contributed by atoms with Crippen molar-refractivity contribution in [2.45, 2.75) is 4.90 Å². The molecule has 0 atom stereocenters. The van der Waals surface area contributed by atoms with Crippen LogP contribution in [0.2, 0.25) is 0 Å². The van der Waals surface area contributed by atoms with Gasteiger partial charge >= 0.3 is 0 Å². The zero-order valence-electron chi connectivity index (χ0n) is 6.38. The molecule has 2 nitrogen and oxygen atoms in total. The van der Waals surface area contributed by atoms with Crippen LogP contribution in [0.25, 0.3) is 5.69 Å². The van der Waals surface area contributed by atoms with Gasteiger partial charge in [-0.15, -0.1) is 12.6 Å². The molecule has 0 spiro atoms. The van der Waals surface area contributed by atoms with E-state index in [0.717, 1.165) is 10.6 Å². The molecule has 3 heteroatoms. The average Bonchev–Trinajstić information content (AvgIpc) is 2.56. The van der Waals surface area contributed by atoms with Crippen molar-refractivity contribution in [2.75, 3.05) is 0 Å². The van der Waals surface area contributed by atoms with Gasteiger partial charge in [0.25, 0.3) is 0 Å². The van der Waals surface area contributed by atoms with Crippen molar-refractivity contribution in [3.05, 3.63) is 43.0 Å². The van der Waals surface area contributed by atoms with E-state index >= 15 is 0 Å². The lowest BCUT2D eigenvalue weighted by atomic mass is 10.3. The van der Waals surface area contributed by atoms with Crippen molar-refractivity contribution in [3.8, 4) is 5.69 Å². The Labute approximate surface area is 76.3 Å². The van der Waals surface area contributed by atoms with E-state index in [1.54, 1.807) is 12.5 Å². The van der Waals surface area contributed by atoms with Crippen molar-refractivity contribution in [2.24, 2.45) is 0 Å². The lowest BCUT2D eigenvalue weighted by molar-refractivity contribution is 1.05. The molecule has 1 heterocycles. The van der Waals surface area contributed by atoms with Crippen LogP contribution < -0.4 is 0 Å². The van der Waals surface area contributed by atoms with Crippen LogP contribution in [0.4, 0.5) is 0 Å². The highest BCUT2D eigenvalue weighted by Crippen LogP contribution is 2.12. The Morgan fingerprint density at radius 2 is 2.25 bits per heavy atom. The molecule has 0 amide bonds. The molecule has 0 aliphatic heterocycles. The van der Waals surface area contributed by atoms with Crippen molar-refractivity contribution in [1.82, 2.24) is 9.55 Å². The van der Waals surface area contributed by atoms with Crippen LogP contribution in [0, 0.1) is 0 Å². The maximum absolute atomic E-state index is 4.25. The van der Waals surface area contributed by atoms with Gasteiger partial charge in [0, 0.05) is 23.0 Å². The summed E-state index contributed by atoms with van der Waals surface area (Å²) in [6.07, 6.45) is 5.43. The van der Waals surface area contributed by atoms with Crippen LogP contribution in [-0.2, 0) is 0 Å². The summed E-state index contributed by atoms with van der Waals surface area (Å²) in [6, 6.07) is 7.92. The van der Waals surface area contributed by atoms with Gasteiger partial charge in [-0.3, -0.25) is 0 Å². The van der Waals surface area contributed by atoms with Crippen molar-refractivity contribution < 1.29 is 0 Å². The molecular weight excluding hydrogens is 168 g/mol. The highest BCUT2D eigenvalue weighted by Gasteiger charge is 1.93. The number of nitrogens with zero attached hydrogens (tertiary/aromatic N) is 2.